The fourth-order valence-electron chi connectivity index (χ4n) is 2.11. The summed E-state index contributed by atoms with van der Waals surface area (Å²) in [5.41, 5.74) is 0.288. The number of nitrogens with zero attached hydrogens (tertiary/aromatic N) is 3. The molecule has 19 heavy (non-hydrogen) atoms. The minimum absolute atomic E-state index is 0.133. The van der Waals surface area contributed by atoms with Crippen molar-refractivity contribution in [2.45, 2.75) is 25.8 Å². The van der Waals surface area contributed by atoms with Gasteiger partial charge < -0.3 is 9.64 Å². The molecular formula is C13H18ClN3O2. The molecule has 1 aliphatic carbocycles. The lowest BCUT2D eigenvalue weighted by molar-refractivity contribution is 0.0588. The number of carbonyl (C=O) groups is 1. The van der Waals surface area contributed by atoms with E-state index in [1.807, 2.05) is 4.90 Å². The van der Waals surface area contributed by atoms with Gasteiger partial charge in [-0.2, -0.15) is 0 Å². The van der Waals surface area contributed by atoms with Crippen molar-refractivity contribution in [1.82, 2.24) is 14.9 Å². The van der Waals surface area contributed by atoms with E-state index in [1.54, 1.807) is 7.11 Å². The largest absolute Gasteiger partial charge is 0.383 e. The Labute approximate surface area is 117 Å². The third-order valence-electron chi connectivity index (χ3n) is 3.42. The zero-order valence-corrected chi connectivity index (χ0v) is 11.9. The summed E-state index contributed by atoms with van der Waals surface area (Å²) in [6, 6.07) is 0.198. The molecule has 1 aromatic rings. The van der Waals surface area contributed by atoms with Gasteiger partial charge in [0.25, 0.3) is 5.91 Å². The summed E-state index contributed by atoms with van der Waals surface area (Å²) in [5.74, 6) is 0.458. The average Bonchev–Trinajstić information content (AvgIpc) is 3.23. The van der Waals surface area contributed by atoms with Crippen LogP contribution < -0.4 is 0 Å². The van der Waals surface area contributed by atoms with Crippen LogP contribution in [0.3, 0.4) is 0 Å². The zero-order chi connectivity index (χ0) is 13.8. The number of methoxy groups -OCH3 is 1. The summed E-state index contributed by atoms with van der Waals surface area (Å²) in [6.07, 6.45) is 5.23. The Morgan fingerprint density at radius 2 is 2.32 bits per heavy atom. The van der Waals surface area contributed by atoms with Crippen LogP contribution in [-0.2, 0) is 4.74 Å². The Bertz CT molecular complexity index is 451. The van der Waals surface area contributed by atoms with E-state index in [0.717, 1.165) is 0 Å². The minimum atomic E-state index is -0.133. The molecule has 0 aliphatic heterocycles. The van der Waals surface area contributed by atoms with Crippen molar-refractivity contribution in [3.8, 4) is 0 Å². The highest BCUT2D eigenvalue weighted by atomic mass is 35.5. The van der Waals surface area contributed by atoms with E-state index in [2.05, 4.69) is 16.9 Å². The lowest BCUT2D eigenvalue weighted by atomic mass is 10.1. The highest BCUT2D eigenvalue weighted by molar-refractivity contribution is 6.29. The van der Waals surface area contributed by atoms with Crippen molar-refractivity contribution >= 4 is 17.5 Å². The Balaban J connectivity index is 2.14. The molecule has 1 heterocycles. The van der Waals surface area contributed by atoms with Crippen LogP contribution in [0.1, 0.15) is 30.3 Å². The van der Waals surface area contributed by atoms with Crippen molar-refractivity contribution < 1.29 is 9.53 Å². The van der Waals surface area contributed by atoms with Crippen LogP contribution >= 0.6 is 11.6 Å². The maximum absolute atomic E-state index is 12.5. The summed E-state index contributed by atoms with van der Waals surface area (Å²) in [5, 5.41) is 0.233. The Morgan fingerprint density at radius 3 is 2.89 bits per heavy atom. The second-order valence-corrected chi connectivity index (χ2v) is 5.18. The molecule has 1 aromatic heterocycles. The number of ether oxygens (including phenoxy) is 1. The van der Waals surface area contributed by atoms with Gasteiger partial charge in [0.1, 0.15) is 10.8 Å². The number of aromatic nitrogens is 2. The SMILES string of the molecule is COCCN(C(=O)c1cncc(Cl)n1)C(C)C1CC1. The van der Waals surface area contributed by atoms with Gasteiger partial charge in [-0.05, 0) is 25.7 Å². The number of amides is 1. The maximum atomic E-state index is 12.5. The molecule has 1 aliphatic rings. The molecule has 1 atom stereocenters. The summed E-state index contributed by atoms with van der Waals surface area (Å²) in [7, 11) is 1.63. The van der Waals surface area contributed by atoms with Gasteiger partial charge in [-0.25, -0.2) is 4.98 Å². The van der Waals surface area contributed by atoms with E-state index in [1.165, 1.54) is 25.2 Å². The Hall–Kier alpha value is -1.20. The summed E-state index contributed by atoms with van der Waals surface area (Å²) < 4.78 is 5.08. The molecule has 0 radical (unpaired) electrons. The van der Waals surface area contributed by atoms with Crippen LogP contribution in [0.25, 0.3) is 0 Å². The van der Waals surface area contributed by atoms with Gasteiger partial charge in [0.2, 0.25) is 0 Å². The van der Waals surface area contributed by atoms with E-state index < -0.39 is 0 Å². The molecule has 1 amide bonds. The van der Waals surface area contributed by atoms with Gasteiger partial charge in [-0.1, -0.05) is 11.6 Å². The topological polar surface area (TPSA) is 55.3 Å². The maximum Gasteiger partial charge on any atom is 0.274 e. The molecule has 6 heteroatoms. The number of hydrogen-bond donors (Lipinski definition) is 0. The minimum Gasteiger partial charge on any atom is -0.383 e. The standard InChI is InChI=1S/C13H18ClN3O2/c1-9(10-3-4-10)17(5-6-19-2)13(18)11-7-15-8-12(14)16-11/h7-10H,3-6H2,1-2H3. The number of rotatable bonds is 6. The fourth-order valence-corrected chi connectivity index (χ4v) is 2.25. The first-order valence-corrected chi connectivity index (χ1v) is 6.78. The molecule has 1 fully saturated rings. The molecule has 0 bridgehead atoms. The summed E-state index contributed by atoms with van der Waals surface area (Å²) in [4.78, 5) is 22.2. The lowest BCUT2D eigenvalue weighted by Gasteiger charge is -2.28. The van der Waals surface area contributed by atoms with Crippen molar-refractivity contribution in [3.63, 3.8) is 0 Å². The van der Waals surface area contributed by atoms with E-state index in [4.69, 9.17) is 16.3 Å². The second-order valence-electron chi connectivity index (χ2n) is 4.80. The van der Waals surface area contributed by atoms with Gasteiger partial charge >= 0.3 is 0 Å². The fraction of sp³-hybridized carbons (Fsp3) is 0.615. The van der Waals surface area contributed by atoms with Gasteiger partial charge in [0.15, 0.2) is 0 Å². The van der Waals surface area contributed by atoms with Gasteiger partial charge in [-0.15, -0.1) is 0 Å². The number of hydrogen-bond acceptors (Lipinski definition) is 4. The van der Waals surface area contributed by atoms with Crippen molar-refractivity contribution in [2.24, 2.45) is 5.92 Å². The van der Waals surface area contributed by atoms with E-state index >= 15 is 0 Å². The van der Waals surface area contributed by atoms with Gasteiger partial charge in [0.05, 0.1) is 19.0 Å². The van der Waals surface area contributed by atoms with Crippen LogP contribution in [0.2, 0.25) is 5.15 Å². The highest BCUT2D eigenvalue weighted by Gasteiger charge is 2.34. The Kier molecular flexibility index (Phi) is 4.71. The van der Waals surface area contributed by atoms with Crippen molar-refractivity contribution in [1.29, 1.82) is 0 Å². The second kappa shape index (κ2) is 6.30. The first-order valence-electron chi connectivity index (χ1n) is 6.41. The van der Waals surface area contributed by atoms with E-state index in [-0.39, 0.29) is 22.8 Å². The normalized spacial score (nSPS) is 16.2. The first-order chi connectivity index (χ1) is 9.13. The monoisotopic (exact) mass is 283 g/mol. The van der Waals surface area contributed by atoms with Crippen LogP contribution in [-0.4, -0.2) is 47.1 Å². The molecule has 104 valence electrons. The molecule has 0 aromatic carbocycles. The quantitative estimate of drug-likeness (QED) is 0.801. The Morgan fingerprint density at radius 1 is 1.58 bits per heavy atom. The molecule has 2 rings (SSSR count). The molecule has 5 nitrogen and oxygen atoms in total. The van der Waals surface area contributed by atoms with Gasteiger partial charge in [-0.3, -0.25) is 9.78 Å². The zero-order valence-electron chi connectivity index (χ0n) is 11.2. The average molecular weight is 284 g/mol. The van der Waals surface area contributed by atoms with E-state index in [9.17, 15) is 4.79 Å². The molecule has 0 N–H and O–H groups in total. The third-order valence-corrected chi connectivity index (χ3v) is 3.60. The van der Waals surface area contributed by atoms with Crippen LogP contribution in [0.4, 0.5) is 0 Å². The summed E-state index contributed by atoms with van der Waals surface area (Å²) >= 11 is 5.78. The molecular weight excluding hydrogens is 266 g/mol. The van der Waals surface area contributed by atoms with Gasteiger partial charge in [0, 0.05) is 19.7 Å². The first kappa shape index (κ1) is 14.2. The number of halogens is 1. The van der Waals surface area contributed by atoms with Crippen LogP contribution in [0, 0.1) is 5.92 Å². The summed E-state index contributed by atoms with van der Waals surface area (Å²) in [6.45, 7) is 3.14. The lowest BCUT2D eigenvalue weighted by Crippen LogP contribution is -2.42. The molecule has 0 saturated heterocycles. The molecule has 0 spiro atoms. The van der Waals surface area contributed by atoms with Crippen molar-refractivity contribution in [2.75, 3.05) is 20.3 Å². The number of carbonyl (C=O) groups excluding carboxylic acids is 1. The van der Waals surface area contributed by atoms with Crippen LogP contribution in [0.15, 0.2) is 12.4 Å². The predicted octanol–water partition coefficient (Wildman–Crippen LogP) is 2.02. The third kappa shape index (κ3) is 3.64. The highest BCUT2D eigenvalue weighted by Crippen LogP contribution is 2.35. The van der Waals surface area contributed by atoms with Crippen molar-refractivity contribution in [3.05, 3.63) is 23.2 Å². The smallest absolute Gasteiger partial charge is 0.274 e. The molecule has 1 unspecified atom stereocenters. The van der Waals surface area contributed by atoms with E-state index in [0.29, 0.717) is 19.1 Å². The molecule has 1 saturated carbocycles. The predicted molar refractivity (Wildman–Crippen MR) is 72.1 cm³/mol. The van der Waals surface area contributed by atoms with Crippen LogP contribution in [0.5, 0.6) is 0 Å².